The number of halogens is 1. The molecular formula is C11H11FO3. The zero-order valence-corrected chi connectivity index (χ0v) is 8.33. The highest BCUT2D eigenvalue weighted by Crippen LogP contribution is 2.18. The molecule has 0 radical (unpaired) electrons. The molecule has 15 heavy (non-hydrogen) atoms. The van der Waals surface area contributed by atoms with Gasteiger partial charge in [-0.3, -0.25) is 4.79 Å². The van der Waals surface area contributed by atoms with Crippen LogP contribution >= 0.6 is 0 Å². The summed E-state index contributed by atoms with van der Waals surface area (Å²) in [5, 5.41) is 0. The van der Waals surface area contributed by atoms with Gasteiger partial charge in [0.25, 0.3) is 0 Å². The Balaban J connectivity index is 2.90. The Hall–Kier alpha value is -1.71. The second-order valence-corrected chi connectivity index (χ2v) is 2.87. The highest BCUT2D eigenvalue weighted by molar-refractivity contribution is 6.02. The van der Waals surface area contributed by atoms with Crippen molar-refractivity contribution in [1.29, 1.82) is 0 Å². The first-order chi connectivity index (χ1) is 7.19. The van der Waals surface area contributed by atoms with Crippen molar-refractivity contribution in [3.05, 3.63) is 29.6 Å². The summed E-state index contributed by atoms with van der Waals surface area (Å²) < 4.78 is 18.2. The SMILES string of the molecule is CCOc1ccc(C(=O)CC=O)cc1F. The minimum atomic E-state index is -0.589. The maximum atomic E-state index is 13.3. The minimum Gasteiger partial charge on any atom is -0.491 e. The van der Waals surface area contributed by atoms with Crippen molar-refractivity contribution < 1.29 is 18.7 Å². The number of carbonyl (C=O) groups is 2. The molecule has 0 saturated carbocycles. The average molecular weight is 210 g/mol. The summed E-state index contributed by atoms with van der Waals surface area (Å²) in [7, 11) is 0. The Bertz CT molecular complexity index is 374. The number of hydrogen-bond donors (Lipinski definition) is 0. The van der Waals surface area contributed by atoms with Crippen molar-refractivity contribution in [3.8, 4) is 5.75 Å². The molecular weight excluding hydrogens is 199 g/mol. The average Bonchev–Trinajstić information content (AvgIpc) is 2.21. The van der Waals surface area contributed by atoms with Crippen molar-refractivity contribution in [2.24, 2.45) is 0 Å². The molecule has 0 bridgehead atoms. The van der Waals surface area contributed by atoms with E-state index in [1.165, 1.54) is 12.1 Å². The van der Waals surface area contributed by atoms with E-state index in [1.54, 1.807) is 6.92 Å². The van der Waals surface area contributed by atoms with Gasteiger partial charge >= 0.3 is 0 Å². The Morgan fingerprint density at radius 2 is 2.27 bits per heavy atom. The molecule has 0 heterocycles. The quantitative estimate of drug-likeness (QED) is 0.424. The molecule has 0 aliphatic carbocycles. The number of aldehydes is 1. The number of rotatable bonds is 5. The summed E-state index contributed by atoms with van der Waals surface area (Å²) in [6, 6.07) is 3.91. The van der Waals surface area contributed by atoms with Gasteiger partial charge < -0.3 is 9.53 Å². The van der Waals surface area contributed by atoms with Gasteiger partial charge in [0.15, 0.2) is 17.3 Å². The van der Waals surface area contributed by atoms with Crippen molar-refractivity contribution in [2.45, 2.75) is 13.3 Å². The molecule has 80 valence electrons. The number of carbonyl (C=O) groups excluding carboxylic acids is 2. The maximum absolute atomic E-state index is 13.3. The Labute approximate surface area is 86.9 Å². The lowest BCUT2D eigenvalue weighted by molar-refractivity contribution is -0.107. The summed E-state index contributed by atoms with van der Waals surface area (Å²) in [4.78, 5) is 21.3. The number of ketones is 1. The second-order valence-electron chi connectivity index (χ2n) is 2.87. The van der Waals surface area contributed by atoms with Crippen LogP contribution in [0.4, 0.5) is 4.39 Å². The van der Waals surface area contributed by atoms with Gasteiger partial charge in [0.1, 0.15) is 6.29 Å². The van der Waals surface area contributed by atoms with E-state index in [4.69, 9.17) is 4.74 Å². The first kappa shape index (κ1) is 11.4. The Kier molecular flexibility index (Phi) is 3.97. The molecule has 0 unspecified atom stereocenters. The van der Waals surface area contributed by atoms with Gasteiger partial charge in [-0.05, 0) is 25.1 Å². The predicted octanol–water partition coefficient (Wildman–Crippen LogP) is 2.00. The smallest absolute Gasteiger partial charge is 0.170 e. The van der Waals surface area contributed by atoms with Crippen LogP contribution in [-0.4, -0.2) is 18.7 Å². The first-order valence-corrected chi connectivity index (χ1v) is 4.58. The monoisotopic (exact) mass is 210 g/mol. The standard InChI is InChI=1S/C11H11FO3/c1-2-15-11-4-3-8(7-9(11)12)10(14)5-6-13/h3-4,6-7H,2,5H2,1H3. The van der Waals surface area contributed by atoms with Gasteiger partial charge in [-0.2, -0.15) is 0 Å². The molecule has 3 nitrogen and oxygen atoms in total. The molecule has 0 N–H and O–H groups in total. The van der Waals surface area contributed by atoms with Gasteiger partial charge in [-0.15, -0.1) is 0 Å². The third kappa shape index (κ3) is 2.87. The normalized spacial score (nSPS) is 9.73. The largest absolute Gasteiger partial charge is 0.491 e. The molecule has 4 heteroatoms. The van der Waals surface area contributed by atoms with Gasteiger partial charge in [-0.1, -0.05) is 0 Å². The van der Waals surface area contributed by atoms with Crippen LogP contribution in [0.3, 0.4) is 0 Å². The van der Waals surface area contributed by atoms with Crippen LogP contribution in [-0.2, 0) is 4.79 Å². The van der Waals surface area contributed by atoms with Gasteiger partial charge in [-0.25, -0.2) is 4.39 Å². The van der Waals surface area contributed by atoms with Crippen LogP contribution < -0.4 is 4.74 Å². The van der Waals surface area contributed by atoms with Crippen LogP contribution in [0.2, 0.25) is 0 Å². The molecule has 0 atom stereocenters. The summed E-state index contributed by atoms with van der Waals surface area (Å²) in [5.41, 5.74) is 0.183. The van der Waals surface area contributed by atoms with E-state index in [9.17, 15) is 14.0 Å². The van der Waals surface area contributed by atoms with E-state index in [0.717, 1.165) is 6.07 Å². The van der Waals surface area contributed by atoms with Crippen LogP contribution in [0, 0.1) is 5.82 Å². The minimum absolute atomic E-state index is 0.111. The second kappa shape index (κ2) is 5.24. The van der Waals surface area contributed by atoms with E-state index >= 15 is 0 Å². The van der Waals surface area contributed by atoms with Crippen molar-refractivity contribution in [1.82, 2.24) is 0 Å². The lowest BCUT2D eigenvalue weighted by Crippen LogP contribution is -2.01. The topological polar surface area (TPSA) is 43.4 Å². The Morgan fingerprint density at radius 1 is 1.53 bits per heavy atom. The summed E-state index contributed by atoms with van der Waals surface area (Å²) in [6.45, 7) is 2.10. The number of ether oxygens (including phenoxy) is 1. The van der Waals surface area contributed by atoms with Crippen molar-refractivity contribution in [3.63, 3.8) is 0 Å². The first-order valence-electron chi connectivity index (χ1n) is 4.58. The van der Waals surface area contributed by atoms with Gasteiger partial charge in [0, 0.05) is 5.56 Å². The molecule has 1 aromatic rings. The maximum Gasteiger partial charge on any atom is 0.170 e. The van der Waals surface area contributed by atoms with Gasteiger partial charge in [0.05, 0.1) is 13.0 Å². The zero-order chi connectivity index (χ0) is 11.3. The molecule has 0 spiro atoms. The molecule has 0 fully saturated rings. The molecule has 0 aliphatic heterocycles. The van der Waals surface area contributed by atoms with Crippen LogP contribution in [0.25, 0.3) is 0 Å². The molecule has 0 aliphatic rings. The Morgan fingerprint density at radius 3 is 2.80 bits per heavy atom. The molecule has 1 aromatic carbocycles. The zero-order valence-electron chi connectivity index (χ0n) is 8.33. The summed E-state index contributed by atoms with van der Waals surface area (Å²) in [6.07, 6.45) is 0.268. The highest BCUT2D eigenvalue weighted by Gasteiger charge is 2.09. The molecule has 0 amide bonds. The van der Waals surface area contributed by atoms with Crippen molar-refractivity contribution in [2.75, 3.05) is 6.61 Å². The fourth-order valence-corrected chi connectivity index (χ4v) is 1.14. The molecule has 0 saturated heterocycles. The lowest BCUT2D eigenvalue weighted by Gasteiger charge is -2.05. The fraction of sp³-hybridized carbons (Fsp3) is 0.273. The number of Topliss-reactive ketones (excluding diaryl/α,β-unsaturated/α-hetero) is 1. The van der Waals surface area contributed by atoms with E-state index in [2.05, 4.69) is 0 Å². The van der Waals surface area contributed by atoms with Gasteiger partial charge in [0.2, 0.25) is 0 Å². The van der Waals surface area contributed by atoms with Crippen LogP contribution in [0.5, 0.6) is 5.75 Å². The van der Waals surface area contributed by atoms with E-state index < -0.39 is 11.6 Å². The third-order valence-electron chi connectivity index (χ3n) is 1.82. The summed E-state index contributed by atoms with van der Waals surface area (Å²) >= 11 is 0. The van der Waals surface area contributed by atoms with E-state index in [0.29, 0.717) is 12.9 Å². The fourth-order valence-electron chi connectivity index (χ4n) is 1.14. The van der Waals surface area contributed by atoms with E-state index in [1.807, 2.05) is 0 Å². The number of hydrogen-bond acceptors (Lipinski definition) is 3. The summed E-state index contributed by atoms with van der Waals surface area (Å²) in [5.74, 6) is -0.874. The third-order valence-corrected chi connectivity index (χ3v) is 1.82. The van der Waals surface area contributed by atoms with Crippen molar-refractivity contribution >= 4 is 12.1 Å². The van der Waals surface area contributed by atoms with Crippen LogP contribution in [0.15, 0.2) is 18.2 Å². The number of benzene rings is 1. The highest BCUT2D eigenvalue weighted by atomic mass is 19.1. The molecule has 0 aromatic heterocycles. The lowest BCUT2D eigenvalue weighted by atomic mass is 10.1. The predicted molar refractivity (Wildman–Crippen MR) is 52.6 cm³/mol. The van der Waals surface area contributed by atoms with Crippen LogP contribution in [0.1, 0.15) is 23.7 Å². The van der Waals surface area contributed by atoms with E-state index in [-0.39, 0.29) is 17.7 Å². The molecule has 1 rings (SSSR count).